The molecule has 7 nitrogen and oxygen atoms in total. The summed E-state index contributed by atoms with van der Waals surface area (Å²) < 4.78 is 2.20. The number of hydrogen-bond acceptors (Lipinski definition) is 7. The average molecular weight is 294 g/mol. The van der Waals surface area contributed by atoms with Gasteiger partial charge in [-0.25, -0.2) is 4.98 Å². The van der Waals surface area contributed by atoms with Crippen LogP contribution in [0.3, 0.4) is 0 Å². The highest BCUT2D eigenvalue weighted by molar-refractivity contribution is 8.00. The number of fused-ring (bicyclic) bond motifs is 1. The molecule has 0 saturated carbocycles. The highest BCUT2D eigenvalue weighted by atomic mass is 32.2. The topological polar surface area (TPSA) is 88.8 Å². The first-order valence-electron chi connectivity index (χ1n) is 5.50. The fourth-order valence-corrected chi connectivity index (χ4v) is 3.29. The molecule has 9 heteroatoms. The summed E-state index contributed by atoms with van der Waals surface area (Å²) in [5, 5.41) is 11.7. The lowest BCUT2D eigenvalue weighted by molar-refractivity contribution is 0.871. The minimum atomic E-state index is -0.158. The first-order valence-corrected chi connectivity index (χ1v) is 7.30. The smallest absolute Gasteiger partial charge is 0.274 e. The van der Waals surface area contributed by atoms with Gasteiger partial charge in [0, 0.05) is 11.8 Å². The fourth-order valence-electron chi connectivity index (χ4n) is 1.58. The number of aryl methyl sites for hydroxylation is 2. The van der Waals surface area contributed by atoms with Gasteiger partial charge in [0.05, 0.1) is 5.69 Å². The van der Waals surface area contributed by atoms with Crippen molar-refractivity contribution >= 4 is 28.9 Å². The van der Waals surface area contributed by atoms with Crippen LogP contribution >= 0.6 is 23.1 Å². The monoisotopic (exact) mass is 294 g/mol. The molecule has 0 spiro atoms. The Bertz CT molecular complexity index is 789. The SMILES string of the molecule is Cc1nc2nc(CSc3nnc(C)s3)cc(=O)n2[nH]1. The predicted octanol–water partition coefficient (Wildman–Crippen LogP) is 1.18. The molecule has 0 fully saturated rings. The second kappa shape index (κ2) is 4.74. The van der Waals surface area contributed by atoms with E-state index in [1.54, 1.807) is 6.92 Å². The summed E-state index contributed by atoms with van der Waals surface area (Å²) in [6.45, 7) is 3.69. The van der Waals surface area contributed by atoms with E-state index in [0.29, 0.717) is 23.0 Å². The second-order valence-corrected chi connectivity index (χ2v) is 6.31. The van der Waals surface area contributed by atoms with Crippen molar-refractivity contribution in [1.29, 1.82) is 0 Å². The van der Waals surface area contributed by atoms with Crippen LogP contribution in [0.1, 0.15) is 16.5 Å². The Morgan fingerprint density at radius 3 is 2.95 bits per heavy atom. The molecule has 3 rings (SSSR count). The summed E-state index contributed by atoms with van der Waals surface area (Å²) in [5.41, 5.74) is 0.531. The van der Waals surface area contributed by atoms with Crippen molar-refractivity contribution in [3.8, 4) is 0 Å². The standard InChI is InChI=1S/C10H10N6OS2/c1-5-11-9-12-7(3-8(17)16(9)15-5)4-18-10-14-13-6(2)19-10/h3H,4H2,1-2H3,(H,11,12,15). The lowest BCUT2D eigenvalue weighted by Crippen LogP contribution is -2.15. The Morgan fingerprint density at radius 1 is 1.37 bits per heavy atom. The van der Waals surface area contributed by atoms with Crippen molar-refractivity contribution in [2.75, 3.05) is 0 Å². The Kier molecular flexibility index (Phi) is 3.07. The molecule has 0 aliphatic carbocycles. The highest BCUT2D eigenvalue weighted by Gasteiger charge is 2.08. The van der Waals surface area contributed by atoms with Crippen LogP contribution in [0.25, 0.3) is 5.78 Å². The van der Waals surface area contributed by atoms with Crippen LogP contribution in [0.2, 0.25) is 0 Å². The number of thioether (sulfide) groups is 1. The quantitative estimate of drug-likeness (QED) is 0.730. The molecule has 3 heterocycles. The highest BCUT2D eigenvalue weighted by Crippen LogP contribution is 2.24. The summed E-state index contributed by atoms with van der Waals surface area (Å²) >= 11 is 3.04. The van der Waals surface area contributed by atoms with E-state index in [2.05, 4.69) is 25.3 Å². The second-order valence-electron chi connectivity index (χ2n) is 3.91. The molecule has 3 aromatic heterocycles. The number of H-pyrrole nitrogens is 1. The van der Waals surface area contributed by atoms with Crippen molar-refractivity contribution in [3.63, 3.8) is 0 Å². The Balaban J connectivity index is 1.87. The number of nitrogens with zero attached hydrogens (tertiary/aromatic N) is 5. The first kappa shape index (κ1) is 12.3. The Morgan fingerprint density at radius 2 is 2.21 bits per heavy atom. The molecular weight excluding hydrogens is 284 g/mol. The van der Waals surface area contributed by atoms with Crippen LogP contribution in [0, 0.1) is 13.8 Å². The van der Waals surface area contributed by atoms with Gasteiger partial charge in [-0.2, -0.15) is 9.50 Å². The summed E-state index contributed by atoms with van der Waals surface area (Å²) in [4.78, 5) is 20.3. The third-order valence-corrected chi connectivity index (χ3v) is 4.35. The van der Waals surface area contributed by atoms with Gasteiger partial charge < -0.3 is 0 Å². The van der Waals surface area contributed by atoms with Gasteiger partial charge in [-0.15, -0.1) is 10.2 Å². The summed E-state index contributed by atoms with van der Waals surface area (Å²) in [7, 11) is 0. The van der Waals surface area contributed by atoms with E-state index in [4.69, 9.17) is 0 Å². The molecule has 0 aliphatic heterocycles. The van der Waals surface area contributed by atoms with Gasteiger partial charge in [-0.3, -0.25) is 9.89 Å². The molecule has 0 aliphatic rings. The normalized spacial score (nSPS) is 11.3. The van der Waals surface area contributed by atoms with Crippen molar-refractivity contribution in [2.45, 2.75) is 23.9 Å². The van der Waals surface area contributed by atoms with E-state index in [1.165, 1.54) is 33.7 Å². The van der Waals surface area contributed by atoms with Gasteiger partial charge >= 0.3 is 0 Å². The zero-order valence-corrected chi connectivity index (χ0v) is 11.9. The maximum Gasteiger partial charge on any atom is 0.274 e. The lowest BCUT2D eigenvalue weighted by atomic mass is 10.4. The largest absolute Gasteiger partial charge is 0.275 e. The summed E-state index contributed by atoms with van der Waals surface area (Å²) in [6.07, 6.45) is 0. The number of aromatic amines is 1. The third kappa shape index (κ3) is 2.51. The van der Waals surface area contributed by atoms with Crippen molar-refractivity contribution < 1.29 is 0 Å². The zero-order chi connectivity index (χ0) is 13.4. The van der Waals surface area contributed by atoms with Crippen molar-refractivity contribution in [1.82, 2.24) is 29.8 Å². The van der Waals surface area contributed by atoms with Crippen LogP contribution < -0.4 is 5.56 Å². The van der Waals surface area contributed by atoms with E-state index in [1.807, 2.05) is 6.92 Å². The predicted molar refractivity (Wildman–Crippen MR) is 72.6 cm³/mol. The minimum Gasteiger partial charge on any atom is -0.275 e. The average Bonchev–Trinajstić information content (AvgIpc) is 2.92. The molecule has 0 atom stereocenters. The van der Waals surface area contributed by atoms with E-state index in [0.717, 1.165) is 9.35 Å². The fraction of sp³-hybridized carbons (Fsp3) is 0.300. The van der Waals surface area contributed by atoms with Crippen LogP contribution in [-0.4, -0.2) is 29.8 Å². The lowest BCUT2D eigenvalue weighted by Gasteiger charge is -1.97. The van der Waals surface area contributed by atoms with Gasteiger partial charge in [0.15, 0.2) is 4.34 Å². The molecule has 0 bridgehead atoms. The molecule has 0 saturated heterocycles. The maximum absolute atomic E-state index is 11.8. The zero-order valence-electron chi connectivity index (χ0n) is 10.2. The molecule has 98 valence electrons. The number of nitrogens with one attached hydrogen (secondary N) is 1. The van der Waals surface area contributed by atoms with Crippen LogP contribution in [0.5, 0.6) is 0 Å². The van der Waals surface area contributed by atoms with Gasteiger partial charge in [0.2, 0.25) is 0 Å². The Labute approximate surface area is 116 Å². The molecule has 3 aromatic rings. The molecule has 0 aromatic carbocycles. The van der Waals surface area contributed by atoms with Gasteiger partial charge in [-0.05, 0) is 13.8 Å². The van der Waals surface area contributed by atoms with Crippen LogP contribution in [0.15, 0.2) is 15.2 Å². The van der Waals surface area contributed by atoms with Crippen molar-refractivity contribution in [2.24, 2.45) is 0 Å². The minimum absolute atomic E-state index is 0.158. The van der Waals surface area contributed by atoms with E-state index in [-0.39, 0.29) is 5.56 Å². The number of hydrogen-bond donors (Lipinski definition) is 1. The van der Waals surface area contributed by atoms with Crippen molar-refractivity contribution in [3.05, 3.63) is 32.9 Å². The Hall–Kier alpha value is -1.74. The molecule has 0 unspecified atom stereocenters. The molecule has 0 radical (unpaired) electrons. The van der Waals surface area contributed by atoms with Gasteiger partial charge in [0.25, 0.3) is 11.3 Å². The third-order valence-electron chi connectivity index (χ3n) is 2.35. The molecular formula is C10H10N6OS2. The van der Waals surface area contributed by atoms with Gasteiger partial charge in [-0.1, -0.05) is 23.1 Å². The molecule has 1 N–H and O–H groups in total. The summed E-state index contributed by atoms with van der Waals surface area (Å²) in [5.74, 6) is 1.63. The van der Waals surface area contributed by atoms with Gasteiger partial charge in [0.1, 0.15) is 10.8 Å². The van der Waals surface area contributed by atoms with E-state index in [9.17, 15) is 4.79 Å². The van der Waals surface area contributed by atoms with Crippen LogP contribution in [0.4, 0.5) is 0 Å². The van der Waals surface area contributed by atoms with E-state index < -0.39 is 0 Å². The first-order chi connectivity index (χ1) is 9.11. The van der Waals surface area contributed by atoms with Crippen LogP contribution in [-0.2, 0) is 5.75 Å². The molecule has 0 amide bonds. The number of rotatable bonds is 3. The molecule has 19 heavy (non-hydrogen) atoms. The maximum atomic E-state index is 11.8. The summed E-state index contributed by atoms with van der Waals surface area (Å²) in [6, 6.07) is 1.51. The van der Waals surface area contributed by atoms with E-state index >= 15 is 0 Å². The number of aromatic nitrogens is 6.